The number of allylic oxidation sites excluding steroid dienone is 4. The van der Waals surface area contributed by atoms with Crippen molar-refractivity contribution in [2.24, 2.45) is 11.8 Å². The Kier molecular flexibility index (Phi) is 4.59. The fraction of sp³-hybridized carbons (Fsp3) is 0.333. The molecule has 1 nitrogen and oxygen atoms in total. The highest BCUT2D eigenvalue weighted by atomic mass is 15.2. The van der Waals surface area contributed by atoms with Crippen LogP contribution < -0.4 is 0 Å². The summed E-state index contributed by atoms with van der Waals surface area (Å²) >= 11 is 0. The van der Waals surface area contributed by atoms with E-state index in [1.54, 1.807) is 5.56 Å². The zero-order valence-corrected chi connectivity index (χ0v) is 15.2. The fourth-order valence-corrected chi connectivity index (χ4v) is 4.58. The molecule has 1 aliphatic heterocycles. The third kappa shape index (κ3) is 3.21. The van der Waals surface area contributed by atoms with Gasteiger partial charge in [-0.1, -0.05) is 85.8 Å². The summed E-state index contributed by atoms with van der Waals surface area (Å²) in [7, 11) is 0. The summed E-state index contributed by atoms with van der Waals surface area (Å²) in [5, 5.41) is 0. The van der Waals surface area contributed by atoms with Gasteiger partial charge in [-0.3, -0.25) is 4.90 Å². The average molecular weight is 329 g/mol. The van der Waals surface area contributed by atoms with Gasteiger partial charge in [0.25, 0.3) is 0 Å². The van der Waals surface area contributed by atoms with E-state index >= 15 is 0 Å². The van der Waals surface area contributed by atoms with Crippen molar-refractivity contribution < 1.29 is 0 Å². The molecule has 0 aromatic heterocycles. The van der Waals surface area contributed by atoms with Crippen LogP contribution in [-0.4, -0.2) is 10.9 Å². The number of nitrogens with zero attached hydrogens (tertiary/aromatic N) is 1. The molecule has 4 unspecified atom stereocenters. The number of hydrogen-bond donors (Lipinski definition) is 0. The van der Waals surface area contributed by atoms with Crippen LogP contribution in [0.2, 0.25) is 0 Å². The van der Waals surface area contributed by atoms with E-state index in [1.807, 2.05) is 0 Å². The molecule has 0 fully saturated rings. The minimum atomic E-state index is 0.527. The summed E-state index contributed by atoms with van der Waals surface area (Å²) in [4.78, 5) is 2.65. The molecule has 25 heavy (non-hydrogen) atoms. The molecule has 4 rings (SSSR count). The van der Waals surface area contributed by atoms with E-state index in [4.69, 9.17) is 0 Å². The second-order valence-electron chi connectivity index (χ2n) is 7.56. The van der Waals surface area contributed by atoms with E-state index in [0.29, 0.717) is 23.8 Å². The zero-order chi connectivity index (χ0) is 17.2. The lowest BCUT2D eigenvalue weighted by atomic mass is 9.70. The summed E-state index contributed by atoms with van der Waals surface area (Å²) in [6.07, 6.45) is 9.21. The maximum Gasteiger partial charge on any atom is 0.0243 e. The number of fused-ring (bicyclic) bond motifs is 1. The van der Waals surface area contributed by atoms with Gasteiger partial charge in [0.05, 0.1) is 0 Å². The molecule has 2 aliphatic rings. The molecule has 1 heteroatoms. The van der Waals surface area contributed by atoms with Crippen molar-refractivity contribution in [2.75, 3.05) is 0 Å². The van der Waals surface area contributed by atoms with Crippen LogP contribution in [0.3, 0.4) is 0 Å². The fourth-order valence-electron chi connectivity index (χ4n) is 4.58. The van der Waals surface area contributed by atoms with Gasteiger partial charge in [-0.2, -0.15) is 0 Å². The van der Waals surface area contributed by atoms with E-state index in [-0.39, 0.29) is 0 Å². The van der Waals surface area contributed by atoms with Crippen LogP contribution in [-0.2, 0) is 13.1 Å². The van der Waals surface area contributed by atoms with Gasteiger partial charge in [0.15, 0.2) is 0 Å². The molecule has 0 spiro atoms. The van der Waals surface area contributed by atoms with Gasteiger partial charge in [-0.05, 0) is 35.4 Å². The monoisotopic (exact) mass is 329 g/mol. The maximum atomic E-state index is 2.65. The van der Waals surface area contributed by atoms with Gasteiger partial charge in [-0.25, -0.2) is 0 Å². The Morgan fingerprint density at radius 1 is 0.880 bits per heavy atom. The SMILES string of the molecule is CC1C=CC=CC1C1c2ccccc2CN(Cc2ccccc2)C1C. The minimum Gasteiger partial charge on any atom is -0.292 e. The number of hydrogen-bond acceptors (Lipinski definition) is 1. The average Bonchev–Trinajstić information content (AvgIpc) is 2.64. The van der Waals surface area contributed by atoms with Gasteiger partial charge in [0, 0.05) is 25.0 Å². The third-order valence-electron chi connectivity index (χ3n) is 5.99. The molecule has 0 radical (unpaired) electrons. The van der Waals surface area contributed by atoms with Crippen molar-refractivity contribution in [1.29, 1.82) is 0 Å². The molecule has 0 saturated heterocycles. The van der Waals surface area contributed by atoms with Gasteiger partial charge in [0.2, 0.25) is 0 Å². The summed E-state index contributed by atoms with van der Waals surface area (Å²) in [6, 6.07) is 20.5. The van der Waals surface area contributed by atoms with E-state index in [0.717, 1.165) is 13.1 Å². The van der Waals surface area contributed by atoms with Crippen LogP contribution in [0.15, 0.2) is 78.9 Å². The second-order valence-corrected chi connectivity index (χ2v) is 7.56. The van der Waals surface area contributed by atoms with Gasteiger partial charge >= 0.3 is 0 Å². The number of rotatable bonds is 3. The highest BCUT2D eigenvalue weighted by Gasteiger charge is 2.37. The predicted molar refractivity (Wildman–Crippen MR) is 105 cm³/mol. The second kappa shape index (κ2) is 7.01. The highest BCUT2D eigenvalue weighted by molar-refractivity contribution is 5.37. The van der Waals surface area contributed by atoms with Crippen molar-refractivity contribution in [2.45, 2.75) is 38.9 Å². The maximum absolute atomic E-state index is 2.65. The van der Waals surface area contributed by atoms with Crippen LogP contribution in [0.4, 0.5) is 0 Å². The van der Waals surface area contributed by atoms with Gasteiger partial charge < -0.3 is 0 Å². The van der Waals surface area contributed by atoms with E-state index in [9.17, 15) is 0 Å². The van der Waals surface area contributed by atoms with E-state index in [1.165, 1.54) is 11.1 Å². The molecule has 1 aliphatic carbocycles. The Hall–Kier alpha value is -2.12. The first-order valence-corrected chi connectivity index (χ1v) is 9.45. The Bertz CT molecular complexity index is 774. The first kappa shape index (κ1) is 16.4. The lowest BCUT2D eigenvalue weighted by molar-refractivity contribution is 0.125. The van der Waals surface area contributed by atoms with Crippen molar-refractivity contribution in [3.63, 3.8) is 0 Å². The van der Waals surface area contributed by atoms with Crippen LogP contribution in [0.25, 0.3) is 0 Å². The lowest BCUT2D eigenvalue weighted by Gasteiger charge is -2.45. The Labute approximate surface area is 151 Å². The zero-order valence-electron chi connectivity index (χ0n) is 15.2. The molecule has 0 N–H and O–H groups in total. The summed E-state index contributed by atoms with van der Waals surface area (Å²) in [6.45, 7) is 6.84. The minimum absolute atomic E-state index is 0.527. The summed E-state index contributed by atoms with van der Waals surface area (Å²) < 4.78 is 0. The standard InChI is InChI=1S/C24H27N/c1-18-10-6-8-14-22(18)24-19(2)25(16-20-11-4-3-5-12-20)17-21-13-7-9-15-23(21)24/h3-15,18-19,22,24H,16-17H2,1-2H3. The van der Waals surface area contributed by atoms with Crippen LogP contribution >= 0.6 is 0 Å². The first-order valence-electron chi connectivity index (χ1n) is 9.45. The van der Waals surface area contributed by atoms with Gasteiger partial charge in [-0.15, -0.1) is 0 Å². The van der Waals surface area contributed by atoms with E-state index < -0.39 is 0 Å². The topological polar surface area (TPSA) is 3.24 Å². The smallest absolute Gasteiger partial charge is 0.0243 e. The van der Waals surface area contributed by atoms with Crippen molar-refractivity contribution in [1.82, 2.24) is 4.90 Å². The molecular formula is C24H27N. The largest absolute Gasteiger partial charge is 0.292 e. The molecule has 128 valence electrons. The highest BCUT2D eigenvalue weighted by Crippen LogP contribution is 2.43. The molecule has 2 aromatic carbocycles. The van der Waals surface area contributed by atoms with Crippen LogP contribution in [0.5, 0.6) is 0 Å². The molecule has 1 heterocycles. The molecule has 0 bridgehead atoms. The van der Waals surface area contributed by atoms with E-state index in [2.05, 4.69) is 97.6 Å². The third-order valence-corrected chi connectivity index (χ3v) is 5.99. The number of benzene rings is 2. The van der Waals surface area contributed by atoms with Crippen molar-refractivity contribution in [3.05, 3.63) is 95.6 Å². The molecule has 0 amide bonds. The van der Waals surface area contributed by atoms with Crippen LogP contribution in [0, 0.1) is 11.8 Å². The Morgan fingerprint density at radius 3 is 2.40 bits per heavy atom. The molecule has 0 saturated carbocycles. The summed E-state index contributed by atoms with van der Waals surface area (Å²) in [5.74, 6) is 1.70. The van der Waals surface area contributed by atoms with Crippen molar-refractivity contribution >= 4 is 0 Å². The summed E-state index contributed by atoms with van der Waals surface area (Å²) in [5.41, 5.74) is 4.45. The molecular weight excluding hydrogens is 302 g/mol. The quantitative estimate of drug-likeness (QED) is 0.713. The molecule has 2 aromatic rings. The first-order chi connectivity index (χ1) is 12.2. The Morgan fingerprint density at radius 2 is 1.60 bits per heavy atom. The van der Waals surface area contributed by atoms with Crippen LogP contribution in [0.1, 0.15) is 36.5 Å². The molecule has 4 atom stereocenters. The normalized spacial score (nSPS) is 28.7. The predicted octanol–water partition coefficient (Wildman–Crippen LogP) is 5.55. The van der Waals surface area contributed by atoms with Crippen molar-refractivity contribution in [3.8, 4) is 0 Å². The lowest BCUT2D eigenvalue weighted by Crippen LogP contribution is -2.44. The van der Waals surface area contributed by atoms with Gasteiger partial charge in [0.1, 0.15) is 0 Å². The Balaban J connectivity index is 1.69.